The van der Waals surface area contributed by atoms with Gasteiger partial charge in [-0.05, 0) is 42.5 Å². The predicted octanol–water partition coefficient (Wildman–Crippen LogP) is 0.794. The lowest BCUT2D eigenvalue weighted by atomic mass is 9.77. The number of fused-ring (bicyclic) bond motifs is 4. The van der Waals surface area contributed by atoms with Gasteiger partial charge in [-0.15, -0.1) is 5.10 Å². The van der Waals surface area contributed by atoms with Crippen LogP contribution < -0.4 is 11.0 Å². The van der Waals surface area contributed by atoms with Crippen LogP contribution in [0.3, 0.4) is 0 Å². The number of benzene rings is 1. The van der Waals surface area contributed by atoms with Crippen molar-refractivity contribution in [3.63, 3.8) is 0 Å². The van der Waals surface area contributed by atoms with E-state index < -0.39 is 17.4 Å². The molecule has 3 aromatic rings. The minimum absolute atomic E-state index is 0.0591. The van der Waals surface area contributed by atoms with Crippen molar-refractivity contribution in [3.8, 4) is 0 Å². The summed E-state index contributed by atoms with van der Waals surface area (Å²) in [6.45, 7) is 4.85. The van der Waals surface area contributed by atoms with E-state index in [2.05, 4.69) is 10.4 Å². The lowest BCUT2D eigenvalue weighted by Crippen LogP contribution is -2.45. The standard InChI is InChI=1S/C24H25N5O4/c1-13-4-5-15-11-14(2)20-26-28(23(32)29(20)16(15)10-13)9-8-25-21(30)18-17-6-7-24(33-17)12-27(3)22(31)19(18)24/h4-7,10-11,17-19H,8-9,12H2,1-3H3,(H,25,30)/t17-,18+,19+,24+/m1/s1. The molecule has 9 heteroatoms. The average Bonchev–Trinajstić information content (AvgIpc) is 3.49. The number of likely N-dealkylation sites (N-methyl/N-ethyl adjacent to an activating group) is 1. The van der Waals surface area contributed by atoms with Crippen LogP contribution in [0, 0.1) is 25.7 Å². The molecule has 5 heterocycles. The van der Waals surface area contributed by atoms with Crippen LogP contribution in [-0.2, 0) is 20.9 Å². The van der Waals surface area contributed by atoms with E-state index in [4.69, 9.17) is 4.74 Å². The molecule has 0 radical (unpaired) electrons. The molecule has 6 rings (SSSR count). The Balaban J connectivity index is 1.23. The fourth-order valence-electron chi connectivity index (χ4n) is 5.69. The van der Waals surface area contributed by atoms with Crippen LogP contribution in [0.2, 0.25) is 0 Å². The van der Waals surface area contributed by atoms with Crippen molar-refractivity contribution in [1.29, 1.82) is 0 Å². The van der Waals surface area contributed by atoms with Crippen molar-refractivity contribution in [2.24, 2.45) is 11.8 Å². The fourth-order valence-corrected chi connectivity index (χ4v) is 5.69. The quantitative estimate of drug-likeness (QED) is 0.597. The summed E-state index contributed by atoms with van der Waals surface area (Å²) in [7, 11) is 1.73. The van der Waals surface area contributed by atoms with Gasteiger partial charge in [-0.2, -0.15) is 0 Å². The SMILES string of the molecule is Cc1ccc2cc(C)c3nn(CCNC(=O)[C@@H]4[C@H]5C(=O)N(C)C[C@@]56C=C[C@H]4O6)c(=O)n3c2c1. The summed E-state index contributed by atoms with van der Waals surface area (Å²) in [4.78, 5) is 40.5. The Bertz CT molecular complexity index is 1440. The molecule has 3 aliphatic heterocycles. The Morgan fingerprint density at radius 1 is 1.27 bits per heavy atom. The first kappa shape index (κ1) is 20.2. The maximum absolute atomic E-state index is 13.1. The second kappa shape index (κ2) is 6.77. The van der Waals surface area contributed by atoms with Crippen LogP contribution in [0.25, 0.3) is 16.6 Å². The zero-order valence-electron chi connectivity index (χ0n) is 18.7. The molecule has 2 amide bonds. The lowest BCUT2D eigenvalue weighted by Gasteiger charge is -2.23. The van der Waals surface area contributed by atoms with Crippen molar-refractivity contribution < 1.29 is 14.3 Å². The summed E-state index contributed by atoms with van der Waals surface area (Å²) >= 11 is 0. The Kier molecular flexibility index (Phi) is 4.14. The Morgan fingerprint density at radius 2 is 2.09 bits per heavy atom. The predicted molar refractivity (Wildman–Crippen MR) is 121 cm³/mol. The van der Waals surface area contributed by atoms with Crippen molar-refractivity contribution in [2.75, 3.05) is 20.1 Å². The molecule has 4 atom stereocenters. The molecule has 2 saturated heterocycles. The van der Waals surface area contributed by atoms with Crippen LogP contribution in [0.1, 0.15) is 11.1 Å². The topological polar surface area (TPSA) is 97.9 Å². The zero-order chi connectivity index (χ0) is 23.1. The van der Waals surface area contributed by atoms with Gasteiger partial charge in [-0.1, -0.05) is 24.3 Å². The summed E-state index contributed by atoms with van der Waals surface area (Å²) < 4.78 is 9.06. The Hall–Kier alpha value is -3.46. The number of nitrogens with zero attached hydrogens (tertiary/aromatic N) is 4. The summed E-state index contributed by atoms with van der Waals surface area (Å²) in [5, 5.41) is 8.40. The number of nitrogens with one attached hydrogen (secondary N) is 1. The van der Waals surface area contributed by atoms with Gasteiger partial charge in [0.25, 0.3) is 0 Å². The van der Waals surface area contributed by atoms with Gasteiger partial charge < -0.3 is 15.0 Å². The van der Waals surface area contributed by atoms with Gasteiger partial charge in [0, 0.05) is 13.6 Å². The number of pyridine rings is 1. The number of amides is 2. The third-order valence-electron chi connectivity index (χ3n) is 7.21. The molecular weight excluding hydrogens is 422 g/mol. The molecule has 2 fully saturated rings. The van der Waals surface area contributed by atoms with E-state index >= 15 is 0 Å². The summed E-state index contributed by atoms with van der Waals surface area (Å²) in [6, 6.07) is 8.02. The first-order chi connectivity index (χ1) is 15.8. The highest BCUT2D eigenvalue weighted by atomic mass is 16.5. The number of likely N-dealkylation sites (tertiary alicyclic amines) is 1. The van der Waals surface area contributed by atoms with E-state index in [1.807, 2.05) is 50.3 Å². The molecule has 33 heavy (non-hydrogen) atoms. The van der Waals surface area contributed by atoms with Crippen LogP contribution in [-0.4, -0.2) is 62.7 Å². The van der Waals surface area contributed by atoms with Gasteiger partial charge in [0.2, 0.25) is 11.8 Å². The molecule has 3 aliphatic rings. The van der Waals surface area contributed by atoms with E-state index in [0.717, 1.165) is 22.0 Å². The van der Waals surface area contributed by atoms with Gasteiger partial charge in [0.05, 0.1) is 36.5 Å². The second-order valence-corrected chi connectivity index (χ2v) is 9.44. The number of hydrogen-bond acceptors (Lipinski definition) is 5. The second-order valence-electron chi connectivity index (χ2n) is 9.44. The maximum atomic E-state index is 13.1. The molecule has 1 N–H and O–H groups in total. The normalized spacial score (nSPS) is 27.8. The van der Waals surface area contributed by atoms with E-state index in [0.29, 0.717) is 12.2 Å². The van der Waals surface area contributed by atoms with Gasteiger partial charge in [-0.25, -0.2) is 13.9 Å². The molecule has 170 valence electrons. The van der Waals surface area contributed by atoms with Crippen molar-refractivity contribution in [2.45, 2.75) is 32.1 Å². The fraction of sp³-hybridized carbons (Fsp3) is 0.417. The monoisotopic (exact) mass is 447 g/mol. The lowest BCUT2D eigenvalue weighted by molar-refractivity contribution is -0.136. The number of aromatic nitrogens is 3. The van der Waals surface area contributed by atoms with Crippen LogP contribution >= 0.6 is 0 Å². The first-order valence-electron chi connectivity index (χ1n) is 11.2. The first-order valence-corrected chi connectivity index (χ1v) is 11.2. The number of carbonyl (C=O) groups is 2. The Morgan fingerprint density at radius 3 is 2.91 bits per heavy atom. The van der Waals surface area contributed by atoms with E-state index in [1.165, 1.54) is 4.68 Å². The minimum Gasteiger partial charge on any atom is -0.360 e. The molecule has 2 aromatic heterocycles. The summed E-state index contributed by atoms with van der Waals surface area (Å²) in [6.07, 6.45) is 3.43. The number of ether oxygens (including phenoxy) is 1. The molecule has 2 bridgehead atoms. The molecule has 1 spiro atoms. The van der Waals surface area contributed by atoms with Crippen LogP contribution in [0.5, 0.6) is 0 Å². The van der Waals surface area contributed by atoms with E-state index in [9.17, 15) is 14.4 Å². The zero-order valence-corrected chi connectivity index (χ0v) is 18.7. The number of hydrogen-bond donors (Lipinski definition) is 1. The highest BCUT2D eigenvalue weighted by Gasteiger charge is 2.66. The number of rotatable bonds is 4. The van der Waals surface area contributed by atoms with Gasteiger partial charge in [0.15, 0.2) is 5.65 Å². The minimum atomic E-state index is -0.687. The van der Waals surface area contributed by atoms with Crippen molar-refractivity contribution in [3.05, 3.63) is 58.0 Å². The highest BCUT2D eigenvalue weighted by molar-refractivity contribution is 5.92. The maximum Gasteiger partial charge on any atom is 0.350 e. The third kappa shape index (κ3) is 2.75. The van der Waals surface area contributed by atoms with Gasteiger partial charge in [0.1, 0.15) is 5.60 Å². The summed E-state index contributed by atoms with van der Waals surface area (Å²) in [5.74, 6) is -1.34. The molecular formula is C24H25N5O4. The average molecular weight is 447 g/mol. The number of carbonyl (C=O) groups excluding carboxylic acids is 2. The highest BCUT2D eigenvalue weighted by Crippen LogP contribution is 2.51. The van der Waals surface area contributed by atoms with Crippen molar-refractivity contribution in [1.82, 2.24) is 24.4 Å². The van der Waals surface area contributed by atoms with Gasteiger partial charge in [-0.3, -0.25) is 9.59 Å². The Labute approximate surface area is 189 Å². The summed E-state index contributed by atoms with van der Waals surface area (Å²) in [5.41, 5.74) is 2.47. The largest absolute Gasteiger partial charge is 0.360 e. The van der Waals surface area contributed by atoms with E-state index in [-0.39, 0.29) is 36.7 Å². The molecule has 0 unspecified atom stereocenters. The van der Waals surface area contributed by atoms with Gasteiger partial charge >= 0.3 is 5.69 Å². The van der Waals surface area contributed by atoms with Crippen LogP contribution in [0.15, 0.2) is 41.2 Å². The van der Waals surface area contributed by atoms with Crippen molar-refractivity contribution >= 4 is 28.4 Å². The molecule has 0 aliphatic carbocycles. The van der Waals surface area contributed by atoms with Crippen LogP contribution in [0.4, 0.5) is 0 Å². The number of aryl methyl sites for hydroxylation is 2. The molecule has 0 saturated carbocycles. The molecule has 1 aromatic carbocycles. The van der Waals surface area contributed by atoms with E-state index in [1.54, 1.807) is 16.3 Å². The smallest absolute Gasteiger partial charge is 0.350 e. The third-order valence-corrected chi connectivity index (χ3v) is 7.21. The molecule has 9 nitrogen and oxygen atoms in total.